The van der Waals surface area contributed by atoms with Gasteiger partial charge in [-0.05, 0) is 55.7 Å². The van der Waals surface area contributed by atoms with E-state index in [9.17, 15) is 4.79 Å². The fraction of sp³-hybridized carbons (Fsp3) is 0.278. The van der Waals surface area contributed by atoms with Crippen LogP contribution in [0.1, 0.15) is 25.0 Å². The van der Waals surface area contributed by atoms with E-state index >= 15 is 0 Å². The molecule has 122 valence electrons. The molecular formula is C18H21ClN2O2. The van der Waals surface area contributed by atoms with Crippen molar-refractivity contribution < 1.29 is 9.53 Å². The standard InChI is InChI=1S/C18H21ClN2O2/c1-4-14-7-5-6-12(2)17(14)21-18(22)20-13(3)23-16-10-8-15(19)9-11-16/h5-11,13H,4H2,1-3H3,(H2,20,21,22). The second-order valence-electron chi connectivity index (χ2n) is 5.28. The van der Waals surface area contributed by atoms with E-state index in [1.807, 2.05) is 25.1 Å². The molecule has 2 aromatic carbocycles. The van der Waals surface area contributed by atoms with Crippen molar-refractivity contribution in [3.63, 3.8) is 0 Å². The first kappa shape index (κ1) is 17.2. The summed E-state index contributed by atoms with van der Waals surface area (Å²) in [6.45, 7) is 5.80. The second-order valence-corrected chi connectivity index (χ2v) is 5.71. The van der Waals surface area contributed by atoms with Gasteiger partial charge in [0.05, 0.1) is 0 Å². The number of rotatable bonds is 5. The molecule has 1 atom stereocenters. The molecule has 5 heteroatoms. The van der Waals surface area contributed by atoms with Crippen LogP contribution in [0.5, 0.6) is 5.75 Å². The van der Waals surface area contributed by atoms with Gasteiger partial charge in [0, 0.05) is 10.7 Å². The van der Waals surface area contributed by atoms with Gasteiger partial charge in [-0.2, -0.15) is 0 Å². The third-order valence-corrected chi connectivity index (χ3v) is 3.69. The minimum atomic E-state index is -0.467. The lowest BCUT2D eigenvalue weighted by molar-refractivity contribution is 0.183. The summed E-state index contributed by atoms with van der Waals surface area (Å²) in [5, 5.41) is 6.31. The van der Waals surface area contributed by atoms with Crippen LogP contribution in [-0.2, 0) is 6.42 Å². The zero-order valence-corrected chi connectivity index (χ0v) is 14.3. The van der Waals surface area contributed by atoms with Crippen molar-refractivity contribution in [2.45, 2.75) is 33.4 Å². The smallest absolute Gasteiger partial charge is 0.322 e. The molecule has 0 spiro atoms. The maximum Gasteiger partial charge on any atom is 0.322 e. The lowest BCUT2D eigenvalue weighted by Crippen LogP contribution is -2.39. The average molecular weight is 333 g/mol. The van der Waals surface area contributed by atoms with E-state index in [-0.39, 0.29) is 6.03 Å². The molecule has 0 bridgehead atoms. The molecule has 0 saturated carbocycles. The Labute approximate surface area is 141 Å². The summed E-state index contributed by atoms with van der Waals surface area (Å²) in [6, 6.07) is 12.7. The number of anilines is 1. The number of hydrogen-bond acceptors (Lipinski definition) is 2. The van der Waals surface area contributed by atoms with Crippen LogP contribution in [0.2, 0.25) is 5.02 Å². The number of aryl methyl sites for hydroxylation is 2. The molecule has 0 radical (unpaired) electrons. The molecule has 23 heavy (non-hydrogen) atoms. The summed E-state index contributed by atoms with van der Waals surface area (Å²) in [4.78, 5) is 12.2. The molecule has 0 fully saturated rings. The maximum absolute atomic E-state index is 12.2. The van der Waals surface area contributed by atoms with E-state index in [1.54, 1.807) is 31.2 Å². The number of nitrogens with one attached hydrogen (secondary N) is 2. The van der Waals surface area contributed by atoms with Gasteiger partial charge in [0.2, 0.25) is 0 Å². The zero-order valence-electron chi connectivity index (χ0n) is 13.5. The lowest BCUT2D eigenvalue weighted by atomic mass is 10.1. The molecule has 0 saturated heterocycles. The van der Waals surface area contributed by atoms with E-state index in [4.69, 9.17) is 16.3 Å². The molecule has 0 aliphatic carbocycles. The van der Waals surface area contributed by atoms with Gasteiger partial charge in [-0.1, -0.05) is 36.7 Å². The van der Waals surface area contributed by atoms with Crippen molar-refractivity contribution in [2.24, 2.45) is 0 Å². The Morgan fingerprint density at radius 1 is 1.22 bits per heavy atom. The average Bonchev–Trinajstić information content (AvgIpc) is 2.51. The quantitative estimate of drug-likeness (QED) is 0.776. The van der Waals surface area contributed by atoms with Crippen molar-refractivity contribution in [3.05, 3.63) is 58.6 Å². The fourth-order valence-corrected chi connectivity index (χ4v) is 2.41. The highest BCUT2D eigenvalue weighted by Gasteiger charge is 2.11. The second kappa shape index (κ2) is 7.88. The minimum absolute atomic E-state index is 0.296. The van der Waals surface area contributed by atoms with Gasteiger partial charge in [-0.3, -0.25) is 0 Å². The van der Waals surface area contributed by atoms with Crippen LogP contribution in [0, 0.1) is 6.92 Å². The number of halogens is 1. The van der Waals surface area contributed by atoms with Crippen LogP contribution < -0.4 is 15.4 Å². The Balaban J connectivity index is 1.95. The summed E-state index contributed by atoms with van der Waals surface area (Å²) in [5.74, 6) is 0.646. The van der Waals surface area contributed by atoms with Crippen molar-refractivity contribution in [2.75, 3.05) is 5.32 Å². The van der Waals surface area contributed by atoms with Crippen LogP contribution in [0.15, 0.2) is 42.5 Å². The summed E-state index contributed by atoms with van der Waals surface area (Å²) >= 11 is 5.83. The number of carbonyl (C=O) groups excluding carboxylic acids is 1. The molecule has 0 aliphatic rings. The van der Waals surface area contributed by atoms with Gasteiger partial charge in [-0.15, -0.1) is 0 Å². The van der Waals surface area contributed by atoms with Gasteiger partial charge >= 0.3 is 6.03 Å². The van der Waals surface area contributed by atoms with Gasteiger partial charge in [0.15, 0.2) is 6.23 Å². The van der Waals surface area contributed by atoms with Crippen LogP contribution >= 0.6 is 11.6 Å². The third-order valence-electron chi connectivity index (χ3n) is 3.44. The summed E-state index contributed by atoms with van der Waals surface area (Å²) in [6.07, 6.45) is 0.388. The van der Waals surface area contributed by atoms with Crippen LogP contribution in [-0.4, -0.2) is 12.3 Å². The fourth-order valence-electron chi connectivity index (χ4n) is 2.28. The highest BCUT2D eigenvalue weighted by Crippen LogP contribution is 2.21. The monoisotopic (exact) mass is 332 g/mol. The van der Waals surface area contributed by atoms with Crippen LogP contribution in [0.25, 0.3) is 0 Å². The first-order chi connectivity index (χ1) is 11.0. The number of benzene rings is 2. The Bertz CT molecular complexity index is 671. The van der Waals surface area contributed by atoms with Gasteiger partial charge < -0.3 is 15.4 Å². The lowest BCUT2D eigenvalue weighted by Gasteiger charge is -2.18. The molecule has 0 aromatic heterocycles. The Hall–Kier alpha value is -2.20. The highest BCUT2D eigenvalue weighted by molar-refractivity contribution is 6.30. The molecule has 1 unspecified atom stereocenters. The molecule has 0 heterocycles. The number of hydrogen-bond donors (Lipinski definition) is 2. The summed E-state index contributed by atoms with van der Waals surface area (Å²) in [7, 11) is 0. The molecule has 2 N–H and O–H groups in total. The maximum atomic E-state index is 12.2. The Morgan fingerprint density at radius 3 is 2.57 bits per heavy atom. The zero-order chi connectivity index (χ0) is 16.8. The van der Waals surface area contributed by atoms with Gasteiger partial charge in [0.1, 0.15) is 5.75 Å². The van der Waals surface area contributed by atoms with Crippen LogP contribution in [0.3, 0.4) is 0 Å². The van der Waals surface area contributed by atoms with Gasteiger partial charge in [0.25, 0.3) is 0 Å². The van der Waals surface area contributed by atoms with E-state index in [0.29, 0.717) is 10.8 Å². The number of urea groups is 1. The van der Waals surface area contributed by atoms with Gasteiger partial charge in [-0.25, -0.2) is 4.79 Å². The van der Waals surface area contributed by atoms with Crippen molar-refractivity contribution in [3.8, 4) is 5.75 Å². The molecule has 2 rings (SSSR count). The number of para-hydroxylation sites is 1. The van der Waals surface area contributed by atoms with Crippen molar-refractivity contribution in [1.82, 2.24) is 5.32 Å². The molecule has 2 aromatic rings. The topological polar surface area (TPSA) is 50.4 Å². The van der Waals surface area contributed by atoms with Crippen LogP contribution in [0.4, 0.5) is 10.5 Å². The Kier molecular flexibility index (Phi) is 5.88. The van der Waals surface area contributed by atoms with E-state index < -0.39 is 6.23 Å². The first-order valence-electron chi connectivity index (χ1n) is 7.58. The normalized spacial score (nSPS) is 11.7. The third kappa shape index (κ3) is 4.89. The predicted molar refractivity (Wildman–Crippen MR) is 94.3 cm³/mol. The van der Waals surface area contributed by atoms with E-state index in [0.717, 1.165) is 23.2 Å². The largest absolute Gasteiger partial charge is 0.471 e. The summed E-state index contributed by atoms with van der Waals surface area (Å²) in [5.41, 5.74) is 2.99. The molecule has 2 amide bonds. The molecule has 0 aliphatic heterocycles. The minimum Gasteiger partial charge on any atom is -0.471 e. The van der Waals surface area contributed by atoms with E-state index in [1.165, 1.54) is 0 Å². The predicted octanol–water partition coefficient (Wildman–Crippen LogP) is 4.76. The van der Waals surface area contributed by atoms with Crippen molar-refractivity contribution >= 4 is 23.3 Å². The number of amides is 2. The number of carbonyl (C=O) groups is 1. The Morgan fingerprint density at radius 2 is 1.91 bits per heavy atom. The summed E-state index contributed by atoms with van der Waals surface area (Å²) < 4.78 is 5.63. The van der Waals surface area contributed by atoms with E-state index in [2.05, 4.69) is 17.6 Å². The van der Waals surface area contributed by atoms with Crippen molar-refractivity contribution in [1.29, 1.82) is 0 Å². The highest BCUT2D eigenvalue weighted by atomic mass is 35.5. The SMILES string of the molecule is CCc1cccc(C)c1NC(=O)NC(C)Oc1ccc(Cl)cc1. The number of ether oxygens (including phenoxy) is 1. The molecular weight excluding hydrogens is 312 g/mol. The first-order valence-corrected chi connectivity index (χ1v) is 7.95. The molecule has 4 nitrogen and oxygen atoms in total.